The van der Waals surface area contributed by atoms with E-state index in [0.717, 1.165) is 5.56 Å². The summed E-state index contributed by atoms with van der Waals surface area (Å²) in [4.78, 5) is 26.8. The Labute approximate surface area is 187 Å². The maximum Gasteiger partial charge on any atom is 0.237 e. The summed E-state index contributed by atoms with van der Waals surface area (Å²) in [5.74, 6) is -0.301. The third-order valence-corrected chi connectivity index (χ3v) is 6.71. The number of carbonyl (C=O) groups is 2. The Balaban J connectivity index is 1.37. The lowest BCUT2D eigenvalue weighted by atomic mass is 10.2. The van der Waals surface area contributed by atoms with Gasteiger partial charge in [-0.25, -0.2) is 4.39 Å². The first-order valence-electron chi connectivity index (χ1n) is 9.65. The molecule has 1 aliphatic rings. The van der Waals surface area contributed by atoms with Gasteiger partial charge in [-0.05, 0) is 36.8 Å². The van der Waals surface area contributed by atoms with Gasteiger partial charge < -0.3 is 15.5 Å². The maximum absolute atomic E-state index is 13.0. The number of anilines is 3. The van der Waals surface area contributed by atoms with Crippen molar-refractivity contribution in [2.24, 2.45) is 0 Å². The monoisotopic (exact) mass is 457 g/mol. The van der Waals surface area contributed by atoms with Gasteiger partial charge in [-0.3, -0.25) is 9.59 Å². The molecule has 0 aliphatic carbocycles. The number of amides is 2. The number of halogens is 1. The Hall–Kier alpha value is -2.98. The van der Waals surface area contributed by atoms with E-state index >= 15 is 0 Å². The van der Waals surface area contributed by atoms with Gasteiger partial charge in [-0.1, -0.05) is 47.4 Å². The van der Waals surface area contributed by atoms with Gasteiger partial charge in [0, 0.05) is 19.0 Å². The summed E-state index contributed by atoms with van der Waals surface area (Å²) in [5.41, 5.74) is 2.27. The van der Waals surface area contributed by atoms with Crippen LogP contribution < -0.4 is 15.5 Å². The Kier molecular flexibility index (Phi) is 6.47. The number of nitrogens with one attached hydrogen (secondary N) is 2. The second-order valence-corrected chi connectivity index (χ2v) is 9.22. The molecule has 2 aromatic carbocycles. The van der Waals surface area contributed by atoms with Crippen molar-refractivity contribution in [2.75, 3.05) is 21.3 Å². The van der Waals surface area contributed by atoms with Gasteiger partial charge in [-0.15, -0.1) is 10.2 Å². The maximum atomic E-state index is 13.0. The van der Waals surface area contributed by atoms with E-state index in [4.69, 9.17) is 0 Å². The Morgan fingerprint density at radius 2 is 2.03 bits per heavy atom. The SMILES string of the molecule is C[C@H]1CC(=O)Nc2ccccc2N1C(=O)CSc1nnc(NCc2ccc(F)cc2)s1. The van der Waals surface area contributed by atoms with Crippen molar-refractivity contribution < 1.29 is 14.0 Å². The number of benzene rings is 2. The first kappa shape index (κ1) is 21.3. The molecule has 31 heavy (non-hydrogen) atoms. The number of para-hydroxylation sites is 2. The zero-order chi connectivity index (χ0) is 21.8. The predicted octanol–water partition coefficient (Wildman–Crippen LogP) is 4.15. The minimum Gasteiger partial charge on any atom is -0.356 e. The lowest BCUT2D eigenvalue weighted by Crippen LogP contribution is -2.40. The molecule has 7 nitrogen and oxygen atoms in total. The second kappa shape index (κ2) is 9.44. The lowest BCUT2D eigenvalue weighted by Gasteiger charge is -2.27. The fraction of sp³-hybridized carbons (Fsp3) is 0.238. The Morgan fingerprint density at radius 1 is 1.26 bits per heavy atom. The molecule has 2 heterocycles. The summed E-state index contributed by atoms with van der Waals surface area (Å²) in [5, 5.41) is 14.9. The lowest BCUT2D eigenvalue weighted by molar-refractivity contribution is -0.117. The first-order valence-corrected chi connectivity index (χ1v) is 11.5. The zero-order valence-corrected chi connectivity index (χ0v) is 18.3. The molecule has 2 N–H and O–H groups in total. The normalized spacial score (nSPS) is 15.7. The number of fused-ring (bicyclic) bond motifs is 1. The summed E-state index contributed by atoms with van der Waals surface area (Å²) in [6.07, 6.45) is 0.237. The van der Waals surface area contributed by atoms with Crippen LogP contribution in [0.15, 0.2) is 52.9 Å². The molecule has 2 amide bonds. The highest BCUT2D eigenvalue weighted by Gasteiger charge is 2.29. The Morgan fingerprint density at radius 3 is 2.84 bits per heavy atom. The van der Waals surface area contributed by atoms with Crippen LogP contribution >= 0.6 is 23.1 Å². The van der Waals surface area contributed by atoms with E-state index in [1.165, 1.54) is 35.2 Å². The topological polar surface area (TPSA) is 87.2 Å². The molecular weight excluding hydrogens is 437 g/mol. The second-order valence-electron chi connectivity index (χ2n) is 7.02. The fourth-order valence-electron chi connectivity index (χ4n) is 3.28. The van der Waals surface area contributed by atoms with Crippen LogP contribution in [0, 0.1) is 5.82 Å². The highest BCUT2D eigenvalue weighted by Crippen LogP contribution is 2.33. The van der Waals surface area contributed by atoms with E-state index in [0.29, 0.717) is 27.4 Å². The number of aromatic nitrogens is 2. The van der Waals surface area contributed by atoms with Crippen molar-refractivity contribution in [1.82, 2.24) is 10.2 Å². The third-order valence-electron chi connectivity index (χ3n) is 4.71. The third kappa shape index (κ3) is 5.20. The van der Waals surface area contributed by atoms with E-state index in [-0.39, 0.29) is 35.8 Å². The standard InChI is InChI=1S/C21H20FN5O2S2/c1-13-10-18(28)24-16-4-2-3-5-17(16)27(13)19(29)12-30-21-26-25-20(31-21)23-11-14-6-8-15(22)9-7-14/h2-9,13H,10-12H2,1H3,(H,23,25)(H,24,28)/t13-/m0/s1. The summed E-state index contributed by atoms with van der Waals surface area (Å²) in [6, 6.07) is 13.3. The van der Waals surface area contributed by atoms with Crippen molar-refractivity contribution in [3.8, 4) is 0 Å². The molecule has 160 valence electrons. The van der Waals surface area contributed by atoms with E-state index in [2.05, 4.69) is 20.8 Å². The van der Waals surface area contributed by atoms with E-state index in [1.807, 2.05) is 25.1 Å². The molecule has 1 atom stereocenters. The molecule has 0 radical (unpaired) electrons. The van der Waals surface area contributed by atoms with Crippen LogP contribution in [0.5, 0.6) is 0 Å². The van der Waals surface area contributed by atoms with Crippen molar-refractivity contribution in [3.63, 3.8) is 0 Å². The first-order chi connectivity index (χ1) is 15.0. The number of nitrogens with zero attached hydrogens (tertiary/aromatic N) is 3. The van der Waals surface area contributed by atoms with E-state index in [9.17, 15) is 14.0 Å². The summed E-state index contributed by atoms with van der Waals surface area (Å²) < 4.78 is 13.7. The molecule has 1 aromatic heterocycles. The van der Waals surface area contributed by atoms with Crippen molar-refractivity contribution >= 4 is 51.4 Å². The highest BCUT2D eigenvalue weighted by atomic mass is 32.2. The smallest absolute Gasteiger partial charge is 0.237 e. The number of carbonyl (C=O) groups excluding carboxylic acids is 2. The van der Waals surface area contributed by atoms with Gasteiger partial charge in [-0.2, -0.15) is 0 Å². The van der Waals surface area contributed by atoms with Crippen molar-refractivity contribution in [1.29, 1.82) is 0 Å². The zero-order valence-electron chi connectivity index (χ0n) is 16.7. The van der Waals surface area contributed by atoms with Crippen LogP contribution in [0.3, 0.4) is 0 Å². The molecule has 0 fully saturated rings. The number of thioether (sulfide) groups is 1. The van der Waals surface area contributed by atoms with Gasteiger partial charge in [0.1, 0.15) is 5.82 Å². The van der Waals surface area contributed by atoms with Crippen LogP contribution in [0.25, 0.3) is 0 Å². The summed E-state index contributed by atoms with van der Waals surface area (Å²) >= 11 is 2.66. The Bertz CT molecular complexity index is 1090. The van der Waals surface area contributed by atoms with Crippen molar-refractivity contribution in [2.45, 2.75) is 30.3 Å². The average Bonchev–Trinajstić information content (AvgIpc) is 3.16. The molecule has 0 spiro atoms. The summed E-state index contributed by atoms with van der Waals surface area (Å²) in [6.45, 7) is 2.37. The molecular formula is C21H20FN5O2S2. The molecule has 10 heteroatoms. The van der Waals surface area contributed by atoms with Gasteiger partial charge >= 0.3 is 0 Å². The largest absolute Gasteiger partial charge is 0.356 e. The average molecular weight is 458 g/mol. The quantitative estimate of drug-likeness (QED) is 0.541. The molecule has 3 aromatic rings. The van der Waals surface area contributed by atoms with Crippen LogP contribution in [-0.4, -0.2) is 33.8 Å². The van der Waals surface area contributed by atoms with Crippen LogP contribution in [0.4, 0.5) is 20.9 Å². The molecule has 1 aliphatic heterocycles. The fourth-order valence-corrected chi connectivity index (χ4v) is 4.89. The van der Waals surface area contributed by atoms with Gasteiger partial charge in [0.15, 0.2) is 4.34 Å². The molecule has 0 bridgehead atoms. The van der Waals surface area contributed by atoms with Gasteiger partial charge in [0.05, 0.1) is 17.1 Å². The number of hydrogen-bond donors (Lipinski definition) is 2. The molecule has 0 saturated heterocycles. The molecule has 0 unspecified atom stereocenters. The predicted molar refractivity (Wildman–Crippen MR) is 121 cm³/mol. The van der Waals surface area contributed by atoms with Gasteiger partial charge in [0.25, 0.3) is 0 Å². The van der Waals surface area contributed by atoms with Gasteiger partial charge in [0.2, 0.25) is 16.9 Å². The van der Waals surface area contributed by atoms with Crippen LogP contribution in [0.2, 0.25) is 0 Å². The highest BCUT2D eigenvalue weighted by molar-refractivity contribution is 8.01. The molecule has 4 rings (SSSR count). The number of rotatable bonds is 6. The van der Waals surface area contributed by atoms with E-state index < -0.39 is 0 Å². The van der Waals surface area contributed by atoms with Crippen molar-refractivity contribution in [3.05, 3.63) is 59.9 Å². The van der Waals surface area contributed by atoms with Crippen LogP contribution in [0.1, 0.15) is 18.9 Å². The minimum atomic E-state index is -0.274. The number of hydrogen-bond acceptors (Lipinski definition) is 7. The summed E-state index contributed by atoms with van der Waals surface area (Å²) in [7, 11) is 0. The molecule has 0 saturated carbocycles. The van der Waals surface area contributed by atoms with Crippen LogP contribution in [-0.2, 0) is 16.1 Å². The van der Waals surface area contributed by atoms with E-state index in [1.54, 1.807) is 23.1 Å². The minimum absolute atomic E-state index is 0.0996.